The molecular formula is C52H44N4OSi. The normalized spacial score (nSPS) is 12.8. The van der Waals surface area contributed by atoms with E-state index in [9.17, 15) is 0 Å². The quantitative estimate of drug-likeness (QED) is 0.114. The maximum Gasteiger partial charge on any atom is 0.179 e. The number of pyridine rings is 1. The lowest BCUT2D eigenvalue weighted by molar-refractivity contribution is 0.113. The first-order valence-corrected chi connectivity index (χ1v) is 22.1. The zero-order valence-corrected chi connectivity index (χ0v) is 34.2. The fourth-order valence-corrected chi connectivity index (χ4v) is 14.0. The van der Waals surface area contributed by atoms with Gasteiger partial charge in [-0.2, -0.15) is 5.06 Å². The molecule has 0 bridgehead atoms. The van der Waals surface area contributed by atoms with Crippen LogP contribution in [0.3, 0.4) is 0 Å². The molecular weight excluding hydrogens is 725 g/mol. The van der Waals surface area contributed by atoms with Gasteiger partial charge in [0.25, 0.3) is 0 Å². The molecule has 9 aromatic rings. The second-order valence-electron chi connectivity index (χ2n) is 15.6. The summed E-state index contributed by atoms with van der Waals surface area (Å²) in [5, 5.41) is 11.6. The number of aromatic nitrogens is 2. The summed E-state index contributed by atoms with van der Waals surface area (Å²) < 4.78 is 2.37. The van der Waals surface area contributed by atoms with Crippen LogP contribution < -0.4 is 30.9 Å². The van der Waals surface area contributed by atoms with Crippen molar-refractivity contribution in [2.24, 2.45) is 0 Å². The summed E-state index contributed by atoms with van der Waals surface area (Å²) in [6.07, 6.45) is 1.96. The second-order valence-corrected chi connectivity index (χ2v) is 19.4. The van der Waals surface area contributed by atoms with E-state index in [4.69, 9.17) is 9.92 Å². The second kappa shape index (κ2) is 14.3. The van der Waals surface area contributed by atoms with Crippen LogP contribution in [-0.4, -0.2) is 23.7 Å². The van der Waals surface area contributed by atoms with Crippen LogP contribution in [0.4, 0.5) is 17.1 Å². The molecule has 0 atom stereocenters. The lowest BCUT2D eigenvalue weighted by Gasteiger charge is -2.35. The van der Waals surface area contributed by atoms with E-state index in [1.54, 1.807) is 0 Å². The summed E-state index contributed by atoms with van der Waals surface area (Å²) in [4.78, 5) is 11.7. The van der Waals surface area contributed by atoms with Gasteiger partial charge in [-0.05, 0) is 119 Å². The third kappa shape index (κ3) is 5.67. The number of hydrogen-bond donors (Lipinski definition) is 0. The van der Waals surface area contributed by atoms with Crippen molar-refractivity contribution in [1.29, 1.82) is 0 Å². The molecule has 0 fully saturated rings. The molecule has 282 valence electrons. The molecule has 0 spiro atoms. The molecule has 1 aliphatic heterocycles. The van der Waals surface area contributed by atoms with E-state index >= 15 is 0 Å². The Labute approximate surface area is 341 Å². The van der Waals surface area contributed by atoms with Crippen LogP contribution in [0.15, 0.2) is 188 Å². The molecule has 58 heavy (non-hydrogen) atoms. The van der Waals surface area contributed by atoms with Crippen LogP contribution in [0.25, 0.3) is 38.8 Å². The summed E-state index contributed by atoms with van der Waals surface area (Å²) in [5.74, 6) is 0.900. The molecule has 0 radical (unpaired) electrons. The number of hydrogen-bond acceptors (Lipinski definition) is 4. The maximum absolute atomic E-state index is 6.65. The Morgan fingerprint density at radius 1 is 0.517 bits per heavy atom. The molecule has 2 aromatic heterocycles. The molecule has 10 rings (SSSR count). The smallest absolute Gasteiger partial charge is 0.179 e. The van der Waals surface area contributed by atoms with E-state index in [2.05, 4.69) is 214 Å². The molecule has 3 heterocycles. The van der Waals surface area contributed by atoms with Gasteiger partial charge in [-0.25, -0.2) is 10.0 Å². The topological polar surface area (TPSA) is 33.5 Å². The van der Waals surface area contributed by atoms with Gasteiger partial charge < -0.3 is 0 Å². The molecule has 0 unspecified atom stereocenters. The average Bonchev–Trinajstić information content (AvgIpc) is 3.82. The minimum Gasteiger partial charge on any atom is -0.294 e. The van der Waals surface area contributed by atoms with Gasteiger partial charge >= 0.3 is 0 Å². The Kier molecular flexibility index (Phi) is 8.81. The number of hydroxylamine groups is 1. The van der Waals surface area contributed by atoms with Crippen LogP contribution in [-0.2, 0) is 4.94 Å². The van der Waals surface area contributed by atoms with Crippen molar-refractivity contribution in [1.82, 2.24) is 9.55 Å². The third-order valence-electron chi connectivity index (χ3n) is 11.8. The summed E-state index contributed by atoms with van der Waals surface area (Å²) in [5.41, 5.74) is 10.3. The number of rotatable bonds is 8. The molecule has 0 saturated heterocycles. The van der Waals surface area contributed by atoms with Crippen LogP contribution in [0, 0.1) is 13.8 Å². The van der Waals surface area contributed by atoms with Crippen molar-refractivity contribution >= 4 is 67.7 Å². The third-order valence-corrected chi connectivity index (χ3v) is 16.5. The van der Waals surface area contributed by atoms with Crippen molar-refractivity contribution in [3.05, 3.63) is 199 Å². The van der Waals surface area contributed by atoms with Gasteiger partial charge in [0.15, 0.2) is 8.07 Å². The first-order valence-electron chi connectivity index (χ1n) is 20.1. The van der Waals surface area contributed by atoms with Crippen molar-refractivity contribution in [2.75, 3.05) is 10.1 Å². The van der Waals surface area contributed by atoms with Gasteiger partial charge in [-0.1, -0.05) is 133 Å². The van der Waals surface area contributed by atoms with Crippen LogP contribution >= 0.6 is 0 Å². The molecule has 1 aliphatic rings. The summed E-state index contributed by atoms with van der Waals surface area (Å²) in [7, 11) is -3.01. The van der Waals surface area contributed by atoms with E-state index in [1.165, 1.54) is 53.8 Å². The van der Waals surface area contributed by atoms with E-state index in [0.29, 0.717) is 0 Å². The van der Waals surface area contributed by atoms with Crippen molar-refractivity contribution in [3.8, 4) is 16.9 Å². The number of para-hydroxylation sites is 3. The average molecular weight is 769 g/mol. The molecule has 0 amide bonds. The van der Waals surface area contributed by atoms with Crippen LogP contribution in [0.5, 0.6) is 0 Å². The zero-order valence-electron chi connectivity index (χ0n) is 33.2. The zero-order chi connectivity index (χ0) is 39.4. The van der Waals surface area contributed by atoms with Gasteiger partial charge in [-0.3, -0.25) is 4.57 Å². The monoisotopic (exact) mass is 768 g/mol. The highest BCUT2D eigenvalue weighted by Gasteiger charge is 2.42. The van der Waals surface area contributed by atoms with Crippen molar-refractivity contribution < 1.29 is 4.94 Å². The highest BCUT2D eigenvalue weighted by atomic mass is 28.3. The van der Waals surface area contributed by atoms with Crippen molar-refractivity contribution in [2.45, 2.75) is 33.7 Å². The van der Waals surface area contributed by atoms with E-state index in [-0.39, 0.29) is 6.04 Å². The maximum atomic E-state index is 6.65. The molecule has 7 aromatic carbocycles. The molecule has 5 nitrogen and oxygen atoms in total. The minimum atomic E-state index is -3.01. The predicted molar refractivity (Wildman–Crippen MR) is 244 cm³/mol. The van der Waals surface area contributed by atoms with Gasteiger partial charge in [0.2, 0.25) is 0 Å². The Morgan fingerprint density at radius 3 is 1.84 bits per heavy atom. The number of aryl methyl sites for hydroxylation is 2. The fraction of sp³-hybridized carbons (Fsp3) is 0.0962. The standard InChI is InChI=1S/C52H44N4OSi/c1-36(2)55-48-27-13-14-28-49(48)56(57-55)40-19-16-24-43(34-40)58(41-20-7-5-8-21-41,42-22-9-6-10-23-42)44-29-30-46-45-25-11-12-26-47(45)54(50(46)35-44)51-33-39(31-32-53-51)52-37(3)17-15-18-38(52)4/h5-36H,1-4H3. The Hall–Kier alpha value is -6.73. The van der Waals surface area contributed by atoms with E-state index in [0.717, 1.165) is 33.9 Å². The highest BCUT2D eigenvalue weighted by molar-refractivity contribution is 7.20. The SMILES string of the molecule is Cc1cccc(C)c1-c1ccnc(-n2c3ccccc3c3ccc([Si](c4ccccc4)(c4ccccc4)c4cccc(N5ON(C(C)C)c6ccccc65)c4)cc32)c1. The number of benzene rings is 7. The fourth-order valence-electron chi connectivity index (χ4n) is 9.22. The van der Waals surface area contributed by atoms with Gasteiger partial charge in [-0.15, -0.1) is 4.94 Å². The summed E-state index contributed by atoms with van der Waals surface area (Å²) >= 11 is 0. The predicted octanol–water partition coefficient (Wildman–Crippen LogP) is 10.1. The largest absolute Gasteiger partial charge is 0.294 e. The lowest BCUT2D eigenvalue weighted by Crippen LogP contribution is -2.74. The summed E-state index contributed by atoms with van der Waals surface area (Å²) in [6, 6.07) is 66.7. The molecule has 0 N–H and O–H groups in total. The van der Waals surface area contributed by atoms with Crippen molar-refractivity contribution in [3.63, 3.8) is 0 Å². The van der Waals surface area contributed by atoms with Gasteiger partial charge in [0, 0.05) is 17.0 Å². The minimum absolute atomic E-state index is 0.158. The van der Waals surface area contributed by atoms with Gasteiger partial charge in [0.1, 0.15) is 5.82 Å². The van der Waals surface area contributed by atoms with Crippen LogP contribution in [0.1, 0.15) is 25.0 Å². The number of nitrogens with zero attached hydrogens (tertiary/aromatic N) is 4. The Morgan fingerprint density at radius 2 is 1.12 bits per heavy atom. The Balaban J connectivity index is 1.24. The van der Waals surface area contributed by atoms with E-state index < -0.39 is 8.07 Å². The van der Waals surface area contributed by atoms with E-state index in [1.807, 2.05) is 16.3 Å². The molecule has 0 saturated carbocycles. The number of fused-ring (bicyclic) bond motifs is 4. The first-order chi connectivity index (χ1) is 28.4. The Bertz CT molecular complexity index is 2900. The summed E-state index contributed by atoms with van der Waals surface area (Å²) in [6.45, 7) is 8.70. The van der Waals surface area contributed by atoms with Gasteiger partial charge in [0.05, 0.1) is 34.1 Å². The number of anilines is 3. The molecule has 6 heteroatoms. The highest BCUT2D eigenvalue weighted by Crippen LogP contribution is 2.42. The first kappa shape index (κ1) is 35.7. The molecule has 0 aliphatic carbocycles. The lowest BCUT2D eigenvalue weighted by atomic mass is 9.96. The van der Waals surface area contributed by atoms with Crippen LogP contribution in [0.2, 0.25) is 0 Å².